The van der Waals surface area contributed by atoms with Gasteiger partial charge >= 0.3 is 0 Å². The van der Waals surface area contributed by atoms with Gasteiger partial charge in [0, 0.05) is 26.7 Å². The van der Waals surface area contributed by atoms with Crippen LogP contribution in [-0.2, 0) is 21.3 Å². The minimum Gasteiger partial charge on any atom is -0.383 e. The molecule has 0 radical (unpaired) electrons. The molecule has 20 heavy (non-hydrogen) atoms. The normalized spacial score (nSPS) is 11.8. The first-order valence-electron chi connectivity index (χ1n) is 6.40. The van der Waals surface area contributed by atoms with Gasteiger partial charge in [0.2, 0.25) is 10.0 Å². The molecule has 1 N–H and O–H groups in total. The van der Waals surface area contributed by atoms with Crippen LogP contribution < -0.4 is 5.32 Å². The monoisotopic (exact) mass is 298 g/mol. The van der Waals surface area contributed by atoms with Crippen molar-refractivity contribution in [2.75, 3.05) is 33.9 Å². The first kappa shape index (κ1) is 16.8. The predicted octanol–water partition coefficient (Wildman–Crippen LogP) is 1.23. The average molecular weight is 298 g/mol. The molecular weight excluding hydrogens is 276 g/mol. The standard InChI is InChI=1S/C14H22N2O3S/c1-4-9-16(10-11-19-3)20(17,18)14-8-6-5-7-13(14)12-15-2/h4-8,15H,1,9-12H2,2-3H3. The summed E-state index contributed by atoms with van der Waals surface area (Å²) in [6, 6.07) is 7.00. The lowest BCUT2D eigenvalue weighted by atomic mass is 10.2. The predicted molar refractivity (Wildman–Crippen MR) is 80.0 cm³/mol. The fraction of sp³-hybridized carbons (Fsp3) is 0.429. The van der Waals surface area contributed by atoms with E-state index in [0.717, 1.165) is 5.56 Å². The molecule has 0 aliphatic rings. The van der Waals surface area contributed by atoms with Gasteiger partial charge in [0.1, 0.15) is 0 Å². The lowest BCUT2D eigenvalue weighted by Crippen LogP contribution is -2.34. The van der Waals surface area contributed by atoms with E-state index in [4.69, 9.17) is 4.74 Å². The summed E-state index contributed by atoms with van der Waals surface area (Å²) in [5.74, 6) is 0. The van der Waals surface area contributed by atoms with Crippen molar-refractivity contribution in [3.05, 3.63) is 42.5 Å². The summed E-state index contributed by atoms with van der Waals surface area (Å²) in [5, 5.41) is 2.98. The van der Waals surface area contributed by atoms with Crippen molar-refractivity contribution in [2.45, 2.75) is 11.4 Å². The van der Waals surface area contributed by atoms with Crippen molar-refractivity contribution in [2.24, 2.45) is 0 Å². The average Bonchev–Trinajstić information content (AvgIpc) is 2.44. The molecule has 0 heterocycles. The molecule has 0 aliphatic carbocycles. The van der Waals surface area contributed by atoms with Crippen LogP contribution >= 0.6 is 0 Å². The molecule has 0 atom stereocenters. The van der Waals surface area contributed by atoms with Gasteiger partial charge in [-0.15, -0.1) is 6.58 Å². The third kappa shape index (κ3) is 4.14. The van der Waals surface area contributed by atoms with E-state index in [1.807, 2.05) is 12.1 Å². The van der Waals surface area contributed by atoms with Crippen LogP contribution in [0.3, 0.4) is 0 Å². The number of rotatable bonds is 9. The van der Waals surface area contributed by atoms with E-state index >= 15 is 0 Å². The highest BCUT2D eigenvalue weighted by Gasteiger charge is 2.25. The summed E-state index contributed by atoms with van der Waals surface area (Å²) in [6.45, 7) is 5.03. The third-order valence-electron chi connectivity index (χ3n) is 2.84. The van der Waals surface area contributed by atoms with Crippen LogP contribution in [0.4, 0.5) is 0 Å². The Morgan fingerprint density at radius 3 is 2.70 bits per heavy atom. The van der Waals surface area contributed by atoms with Gasteiger partial charge in [-0.05, 0) is 18.7 Å². The molecule has 5 nitrogen and oxygen atoms in total. The molecule has 1 aromatic carbocycles. The van der Waals surface area contributed by atoms with Crippen molar-refractivity contribution >= 4 is 10.0 Å². The molecule has 6 heteroatoms. The van der Waals surface area contributed by atoms with E-state index in [9.17, 15) is 8.42 Å². The van der Waals surface area contributed by atoms with Crippen LogP contribution in [0.25, 0.3) is 0 Å². The molecule has 0 aliphatic heterocycles. The van der Waals surface area contributed by atoms with Crippen LogP contribution in [0.15, 0.2) is 41.8 Å². The number of nitrogens with one attached hydrogen (secondary N) is 1. The Bertz CT molecular complexity index is 529. The Kier molecular flexibility index (Phi) is 6.87. The molecular formula is C14H22N2O3S. The van der Waals surface area contributed by atoms with Gasteiger partial charge < -0.3 is 10.1 Å². The van der Waals surface area contributed by atoms with Crippen molar-refractivity contribution in [3.63, 3.8) is 0 Å². The van der Waals surface area contributed by atoms with Gasteiger partial charge in [0.15, 0.2) is 0 Å². The van der Waals surface area contributed by atoms with Crippen molar-refractivity contribution in [3.8, 4) is 0 Å². The Morgan fingerprint density at radius 2 is 2.10 bits per heavy atom. The number of nitrogens with zero attached hydrogens (tertiary/aromatic N) is 1. The van der Waals surface area contributed by atoms with Crippen molar-refractivity contribution in [1.82, 2.24) is 9.62 Å². The van der Waals surface area contributed by atoms with Crippen LogP contribution in [0.5, 0.6) is 0 Å². The van der Waals surface area contributed by atoms with E-state index in [-0.39, 0.29) is 6.54 Å². The zero-order valence-corrected chi connectivity index (χ0v) is 12.8. The van der Waals surface area contributed by atoms with E-state index in [0.29, 0.717) is 24.6 Å². The molecule has 0 saturated carbocycles. The molecule has 1 aromatic rings. The lowest BCUT2D eigenvalue weighted by Gasteiger charge is -2.22. The van der Waals surface area contributed by atoms with Crippen LogP contribution in [-0.4, -0.2) is 46.6 Å². The highest BCUT2D eigenvalue weighted by atomic mass is 32.2. The first-order valence-corrected chi connectivity index (χ1v) is 7.84. The van der Waals surface area contributed by atoms with Gasteiger partial charge in [-0.1, -0.05) is 24.3 Å². The Hall–Kier alpha value is -1.21. The molecule has 0 bridgehead atoms. The molecule has 0 saturated heterocycles. The largest absolute Gasteiger partial charge is 0.383 e. The second-order valence-corrected chi connectivity index (χ2v) is 6.19. The molecule has 0 aromatic heterocycles. The maximum absolute atomic E-state index is 12.7. The highest BCUT2D eigenvalue weighted by molar-refractivity contribution is 7.89. The van der Waals surface area contributed by atoms with Crippen molar-refractivity contribution < 1.29 is 13.2 Å². The van der Waals surface area contributed by atoms with Gasteiger partial charge in [-0.25, -0.2) is 8.42 Å². The van der Waals surface area contributed by atoms with Crippen LogP contribution in [0, 0.1) is 0 Å². The summed E-state index contributed by atoms with van der Waals surface area (Å²) in [5.41, 5.74) is 0.751. The van der Waals surface area contributed by atoms with E-state index in [1.165, 1.54) is 4.31 Å². The second kappa shape index (κ2) is 8.16. The maximum atomic E-state index is 12.7. The molecule has 0 amide bonds. The maximum Gasteiger partial charge on any atom is 0.243 e. The number of methoxy groups -OCH3 is 1. The summed E-state index contributed by atoms with van der Waals surface area (Å²) >= 11 is 0. The summed E-state index contributed by atoms with van der Waals surface area (Å²) < 4.78 is 31.8. The third-order valence-corrected chi connectivity index (χ3v) is 4.80. The molecule has 0 unspecified atom stereocenters. The number of sulfonamides is 1. The molecule has 112 valence electrons. The number of hydrogen-bond acceptors (Lipinski definition) is 4. The molecule has 0 spiro atoms. The van der Waals surface area contributed by atoms with E-state index < -0.39 is 10.0 Å². The zero-order chi connectivity index (χ0) is 15.0. The van der Waals surface area contributed by atoms with Crippen LogP contribution in [0.1, 0.15) is 5.56 Å². The SMILES string of the molecule is C=CCN(CCOC)S(=O)(=O)c1ccccc1CNC. The van der Waals surface area contributed by atoms with Gasteiger partial charge in [0.05, 0.1) is 11.5 Å². The fourth-order valence-electron chi connectivity index (χ4n) is 1.88. The summed E-state index contributed by atoms with van der Waals surface area (Å²) in [7, 11) is -0.209. The quantitative estimate of drug-likeness (QED) is 0.697. The minimum absolute atomic E-state index is 0.263. The second-order valence-electron chi connectivity index (χ2n) is 4.28. The van der Waals surface area contributed by atoms with Gasteiger partial charge in [-0.3, -0.25) is 0 Å². The fourth-order valence-corrected chi connectivity index (χ4v) is 3.49. The molecule has 1 rings (SSSR count). The van der Waals surface area contributed by atoms with E-state index in [2.05, 4.69) is 11.9 Å². The smallest absolute Gasteiger partial charge is 0.243 e. The minimum atomic E-state index is -3.55. The van der Waals surface area contributed by atoms with Crippen molar-refractivity contribution in [1.29, 1.82) is 0 Å². The topological polar surface area (TPSA) is 58.6 Å². The Morgan fingerprint density at radius 1 is 1.40 bits per heavy atom. The lowest BCUT2D eigenvalue weighted by molar-refractivity contribution is 0.182. The van der Waals surface area contributed by atoms with E-state index in [1.54, 1.807) is 32.4 Å². The number of benzene rings is 1. The Labute approximate surface area is 121 Å². The zero-order valence-electron chi connectivity index (χ0n) is 12.0. The number of ether oxygens (including phenoxy) is 1. The van der Waals surface area contributed by atoms with Crippen LogP contribution in [0.2, 0.25) is 0 Å². The van der Waals surface area contributed by atoms with Gasteiger partial charge in [0.25, 0.3) is 0 Å². The molecule has 0 fully saturated rings. The summed E-state index contributed by atoms with van der Waals surface area (Å²) in [4.78, 5) is 0.326. The first-order chi connectivity index (χ1) is 9.57. The number of hydrogen-bond donors (Lipinski definition) is 1. The Balaban J connectivity index is 3.14. The van der Waals surface area contributed by atoms with Gasteiger partial charge in [-0.2, -0.15) is 4.31 Å². The summed E-state index contributed by atoms with van der Waals surface area (Å²) in [6.07, 6.45) is 1.58. The highest BCUT2D eigenvalue weighted by Crippen LogP contribution is 2.20.